The van der Waals surface area contributed by atoms with Crippen LogP contribution in [0.1, 0.15) is 71.1 Å². The van der Waals surface area contributed by atoms with Crippen LogP contribution >= 0.6 is 0 Å². The van der Waals surface area contributed by atoms with E-state index in [1.54, 1.807) is 0 Å². The van der Waals surface area contributed by atoms with Gasteiger partial charge in [0.15, 0.2) is 0 Å². The Kier molecular flexibility index (Phi) is 7.47. The van der Waals surface area contributed by atoms with Gasteiger partial charge in [-0.2, -0.15) is 8.42 Å². The molecule has 0 spiro atoms. The summed E-state index contributed by atoms with van der Waals surface area (Å²) in [4.78, 5) is 11.9. The third kappa shape index (κ3) is 7.89. The number of carbonyl (C=O) groups is 1. The average molecular weight is 401 g/mol. The van der Waals surface area contributed by atoms with Crippen molar-refractivity contribution in [2.45, 2.75) is 71.6 Å². The zero-order chi connectivity index (χ0) is 21.0. The number of carbonyl (C=O) groups excluding carboxylic acids is 1. The fourth-order valence-electron chi connectivity index (χ4n) is 2.73. The second-order valence-corrected chi connectivity index (χ2v) is 10.5. The molecule has 0 heterocycles. The molecule has 0 aliphatic rings. The molecule has 0 saturated carbocycles. The molecule has 0 saturated heterocycles. The summed E-state index contributed by atoms with van der Waals surface area (Å²) >= 11 is 0. The van der Waals surface area contributed by atoms with Crippen molar-refractivity contribution in [1.29, 1.82) is 0 Å². The van der Waals surface area contributed by atoms with E-state index in [1.807, 2.05) is 53.7 Å². The number of esters is 1. The molecule has 1 rings (SSSR count). The van der Waals surface area contributed by atoms with Gasteiger partial charge in [0.25, 0.3) is 10.1 Å². The molecule has 154 valence electrons. The molecule has 6 nitrogen and oxygen atoms in total. The third-order valence-corrected chi connectivity index (χ3v) is 5.02. The highest BCUT2D eigenvalue weighted by Gasteiger charge is 2.26. The lowest BCUT2D eigenvalue weighted by Gasteiger charge is -2.28. The van der Waals surface area contributed by atoms with Crippen molar-refractivity contribution in [3.63, 3.8) is 0 Å². The first kappa shape index (κ1) is 23.4. The fourth-order valence-corrected chi connectivity index (χ4v) is 3.21. The molecular weight excluding hydrogens is 368 g/mol. The Morgan fingerprint density at radius 3 is 1.93 bits per heavy atom. The van der Waals surface area contributed by atoms with Crippen molar-refractivity contribution < 1.29 is 27.6 Å². The second-order valence-electron chi connectivity index (χ2n) is 8.90. The first-order valence-electron chi connectivity index (χ1n) is 9.09. The SMILES string of the molecule is CC(C)(C)c1cc(CCC(=O)OCCCS(=O)(=O)O)cc(C(C)(C)C)c1O. The van der Waals surface area contributed by atoms with Gasteiger partial charge >= 0.3 is 5.97 Å². The predicted octanol–water partition coefficient (Wildman–Crippen LogP) is 3.74. The van der Waals surface area contributed by atoms with Gasteiger partial charge in [-0.3, -0.25) is 9.35 Å². The maximum Gasteiger partial charge on any atom is 0.306 e. The molecule has 0 bridgehead atoms. The molecule has 0 radical (unpaired) electrons. The van der Waals surface area contributed by atoms with Crippen LogP contribution in [-0.2, 0) is 36.9 Å². The van der Waals surface area contributed by atoms with Gasteiger partial charge < -0.3 is 9.84 Å². The molecule has 0 unspecified atom stereocenters. The highest BCUT2D eigenvalue weighted by atomic mass is 32.2. The van der Waals surface area contributed by atoms with E-state index in [0.717, 1.165) is 16.7 Å². The van der Waals surface area contributed by atoms with Gasteiger partial charge in [0.05, 0.1) is 12.4 Å². The number of benzene rings is 1. The summed E-state index contributed by atoms with van der Waals surface area (Å²) in [7, 11) is -4.03. The van der Waals surface area contributed by atoms with Crippen molar-refractivity contribution in [1.82, 2.24) is 0 Å². The zero-order valence-corrected chi connectivity index (χ0v) is 17.9. The van der Waals surface area contributed by atoms with Gasteiger partial charge in [-0.15, -0.1) is 0 Å². The summed E-state index contributed by atoms with van der Waals surface area (Å²) in [5, 5.41) is 10.7. The van der Waals surface area contributed by atoms with E-state index in [0.29, 0.717) is 12.2 Å². The van der Waals surface area contributed by atoms with Crippen LogP contribution in [0, 0.1) is 0 Å². The zero-order valence-electron chi connectivity index (χ0n) is 17.1. The van der Waals surface area contributed by atoms with Crippen LogP contribution in [0.5, 0.6) is 5.75 Å². The van der Waals surface area contributed by atoms with Crippen molar-refractivity contribution in [3.8, 4) is 5.75 Å². The molecule has 0 aliphatic heterocycles. The van der Waals surface area contributed by atoms with Crippen LogP contribution in [0.15, 0.2) is 12.1 Å². The number of aromatic hydroxyl groups is 1. The Hall–Kier alpha value is -1.60. The maximum absolute atomic E-state index is 11.9. The van der Waals surface area contributed by atoms with Gasteiger partial charge in [-0.1, -0.05) is 53.7 Å². The Morgan fingerprint density at radius 2 is 1.52 bits per heavy atom. The van der Waals surface area contributed by atoms with Gasteiger partial charge in [0, 0.05) is 6.42 Å². The largest absolute Gasteiger partial charge is 0.507 e. The van der Waals surface area contributed by atoms with E-state index >= 15 is 0 Å². The van der Waals surface area contributed by atoms with Gasteiger partial charge in [0.2, 0.25) is 0 Å². The normalized spacial score (nSPS) is 12.9. The summed E-state index contributed by atoms with van der Waals surface area (Å²) in [5.74, 6) is -0.554. The van der Waals surface area contributed by atoms with Crippen LogP contribution in [0.4, 0.5) is 0 Å². The number of hydrogen-bond donors (Lipinski definition) is 2. The highest BCUT2D eigenvalue weighted by molar-refractivity contribution is 7.85. The molecular formula is C20H32O6S. The first-order chi connectivity index (χ1) is 12.1. The van der Waals surface area contributed by atoms with E-state index in [1.165, 1.54) is 0 Å². The van der Waals surface area contributed by atoms with E-state index in [4.69, 9.17) is 9.29 Å². The maximum atomic E-state index is 11.9. The van der Waals surface area contributed by atoms with Crippen molar-refractivity contribution in [2.24, 2.45) is 0 Å². The average Bonchev–Trinajstić information content (AvgIpc) is 2.47. The van der Waals surface area contributed by atoms with Gasteiger partial charge in [-0.25, -0.2) is 0 Å². The fraction of sp³-hybridized carbons (Fsp3) is 0.650. The van der Waals surface area contributed by atoms with E-state index in [9.17, 15) is 18.3 Å². The topological polar surface area (TPSA) is 101 Å². The standard InChI is InChI=1S/C20H32O6S/c1-19(2,3)15-12-14(13-16(18(15)22)20(4,5)6)8-9-17(21)26-10-7-11-27(23,24)25/h12-13,22H,7-11H2,1-6H3,(H,23,24,25). The Labute approximate surface area is 162 Å². The van der Waals surface area contributed by atoms with Gasteiger partial charge in [-0.05, 0) is 40.4 Å². The Morgan fingerprint density at radius 1 is 1.04 bits per heavy atom. The number of phenolic OH excluding ortho intramolecular Hbond substituents is 1. The van der Waals surface area contributed by atoms with Crippen LogP contribution in [-0.4, -0.2) is 36.4 Å². The molecule has 7 heteroatoms. The number of rotatable bonds is 7. The Balaban J connectivity index is 2.84. The monoisotopic (exact) mass is 400 g/mol. The number of ether oxygens (including phenoxy) is 1. The minimum absolute atomic E-state index is 0.0469. The highest BCUT2D eigenvalue weighted by Crippen LogP contribution is 2.39. The lowest BCUT2D eigenvalue weighted by molar-refractivity contribution is -0.143. The van der Waals surface area contributed by atoms with E-state index < -0.39 is 21.8 Å². The molecule has 27 heavy (non-hydrogen) atoms. The van der Waals surface area contributed by atoms with Crippen LogP contribution < -0.4 is 0 Å². The summed E-state index contributed by atoms with van der Waals surface area (Å²) in [5.41, 5.74) is 2.14. The van der Waals surface area contributed by atoms with Crippen molar-refractivity contribution in [3.05, 3.63) is 28.8 Å². The van der Waals surface area contributed by atoms with Gasteiger partial charge in [0.1, 0.15) is 5.75 Å². The Bertz CT molecular complexity index is 732. The van der Waals surface area contributed by atoms with E-state index in [2.05, 4.69) is 0 Å². The lowest BCUT2D eigenvalue weighted by atomic mass is 9.78. The number of hydrogen-bond acceptors (Lipinski definition) is 5. The summed E-state index contributed by atoms with van der Waals surface area (Å²) in [6, 6.07) is 3.85. The molecule has 0 aromatic heterocycles. The molecule has 2 N–H and O–H groups in total. The molecule has 0 aliphatic carbocycles. The van der Waals surface area contributed by atoms with Crippen molar-refractivity contribution >= 4 is 16.1 Å². The molecule has 0 amide bonds. The molecule has 0 atom stereocenters. The quantitative estimate of drug-likeness (QED) is 0.411. The molecule has 1 aromatic carbocycles. The lowest BCUT2D eigenvalue weighted by Crippen LogP contribution is -2.18. The second kappa shape index (κ2) is 8.61. The summed E-state index contributed by atoms with van der Waals surface area (Å²) in [6.07, 6.45) is 0.680. The first-order valence-corrected chi connectivity index (χ1v) is 10.7. The van der Waals surface area contributed by atoms with Crippen LogP contribution in [0.25, 0.3) is 0 Å². The summed E-state index contributed by atoms with van der Waals surface area (Å²) < 4.78 is 34.9. The number of aryl methyl sites for hydroxylation is 1. The van der Waals surface area contributed by atoms with E-state index in [-0.39, 0.29) is 30.3 Å². The van der Waals surface area contributed by atoms with Crippen molar-refractivity contribution in [2.75, 3.05) is 12.4 Å². The predicted molar refractivity (Wildman–Crippen MR) is 106 cm³/mol. The third-order valence-electron chi connectivity index (χ3n) is 4.21. The smallest absolute Gasteiger partial charge is 0.306 e. The molecule has 0 fully saturated rings. The number of phenols is 1. The minimum Gasteiger partial charge on any atom is -0.507 e. The van der Waals surface area contributed by atoms with Crippen LogP contribution in [0.2, 0.25) is 0 Å². The van der Waals surface area contributed by atoms with Crippen LogP contribution in [0.3, 0.4) is 0 Å². The minimum atomic E-state index is -4.03. The molecule has 1 aromatic rings. The summed E-state index contributed by atoms with van der Waals surface area (Å²) in [6.45, 7) is 12.1.